The lowest BCUT2D eigenvalue weighted by atomic mass is 9.93. The number of aromatic nitrogens is 2. The topological polar surface area (TPSA) is 43.8 Å². The summed E-state index contributed by atoms with van der Waals surface area (Å²) in [5.41, 5.74) is 6.62. The van der Waals surface area contributed by atoms with E-state index in [1.54, 1.807) is 0 Å². The van der Waals surface area contributed by atoms with Crippen LogP contribution < -0.4 is 5.73 Å². The number of hydrogen-bond acceptors (Lipinski definition) is 2. The van der Waals surface area contributed by atoms with Crippen molar-refractivity contribution >= 4 is 0 Å². The Morgan fingerprint density at radius 2 is 2.08 bits per heavy atom. The van der Waals surface area contributed by atoms with Gasteiger partial charge in [0, 0.05) is 30.4 Å². The molecule has 0 bridgehead atoms. The van der Waals surface area contributed by atoms with Crippen LogP contribution in [0.15, 0.2) is 12.4 Å². The largest absolute Gasteiger partial charge is 0.337 e. The Morgan fingerprint density at radius 1 is 1.38 bits per heavy atom. The average Bonchev–Trinajstić information content (AvgIpc) is 2.98. The van der Waals surface area contributed by atoms with Crippen LogP contribution in [0.2, 0.25) is 0 Å². The third-order valence-electron chi connectivity index (χ3n) is 3.74. The fourth-order valence-corrected chi connectivity index (χ4v) is 2.51. The first-order valence-electron chi connectivity index (χ1n) is 4.95. The fourth-order valence-electron chi connectivity index (χ4n) is 2.51. The molecule has 3 heteroatoms. The van der Waals surface area contributed by atoms with Crippen molar-refractivity contribution in [2.24, 2.45) is 12.8 Å². The summed E-state index contributed by atoms with van der Waals surface area (Å²) in [6.45, 7) is 0. The van der Waals surface area contributed by atoms with Gasteiger partial charge in [0.25, 0.3) is 0 Å². The molecule has 0 saturated heterocycles. The summed E-state index contributed by atoms with van der Waals surface area (Å²) in [4.78, 5) is 4.44. The average molecular weight is 177 g/mol. The number of hydrogen-bond donors (Lipinski definition) is 1. The van der Waals surface area contributed by atoms with Crippen molar-refractivity contribution in [3.8, 4) is 0 Å². The summed E-state index contributed by atoms with van der Waals surface area (Å²) in [6.07, 6.45) is 8.71. The zero-order valence-corrected chi connectivity index (χ0v) is 7.95. The Kier molecular flexibility index (Phi) is 1.15. The van der Waals surface area contributed by atoms with Gasteiger partial charge in [0.05, 0.1) is 0 Å². The molecule has 70 valence electrons. The van der Waals surface area contributed by atoms with Crippen LogP contribution in [-0.2, 0) is 12.5 Å². The van der Waals surface area contributed by atoms with E-state index >= 15 is 0 Å². The first-order chi connectivity index (χ1) is 6.18. The quantitative estimate of drug-likeness (QED) is 0.730. The van der Waals surface area contributed by atoms with Crippen LogP contribution in [0, 0.1) is 0 Å². The van der Waals surface area contributed by atoms with Gasteiger partial charge in [-0.05, 0) is 25.7 Å². The molecule has 1 aromatic heterocycles. The summed E-state index contributed by atoms with van der Waals surface area (Å²) in [6, 6.07) is 0. The highest BCUT2D eigenvalue weighted by Crippen LogP contribution is 2.62. The molecule has 2 aliphatic rings. The van der Waals surface area contributed by atoms with Gasteiger partial charge in [-0.25, -0.2) is 4.98 Å². The van der Waals surface area contributed by atoms with E-state index < -0.39 is 0 Å². The number of aryl methyl sites for hydroxylation is 1. The van der Waals surface area contributed by atoms with Crippen LogP contribution in [0.5, 0.6) is 0 Å². The standard InChI is InChI=1S/C10H15N3/c1-13-7-6-12-8(13)9(2-3-9)10(11)4-5-10/h6-7H,2-5,11H2,1H3. The van der Waals surface area contributed by atoms with Crippen LogP contribution in [0.3, 0.4) is 0 Å². The summed E-state index contributed by atoms with van der Waals surface area (Å²) < 4.78 is 2.12. The minimum Gasteiger partial charge on any atom is -0.337 e. The van der Waals surface area contributed by atoms with E-state index in [2.05, 4.69) is 16.6 Å². The van der Waals surface area contributed by atoms with Gasteiger partial charge in [0.1, 0.15) is 5.82 Å². The number of nitrogens with two attached hydrogens (primary N) is 1. The summed E-state index contributed by atoms with van der Waals surface area (Å²) in [5.74, 6) is 1.20. The van der Waals surface area contributed by atoms with Gasteiger partial charge < -0.3 is 10.3 Å². The van der Waals surface area contributed by atoms with Crippen LogP contribution in [0.25, 0.3) is 0 Å². The minimum atomic E-state index is 0.0894. The molecule has 2 saturated carbocycles. The van der Waals surface area contributed by atoms with Crippen molar-refractivity contribution in [3.63, 3.8) is 0 Å². The van der Waals surface area contributed by atoms with Crippen LogP contribution >= 0.6 is 0 Å². The molecule has 2 N–H and O–H groups in total. The van der Waals surface area contributed by atoms with Crippen LogP contribution in [-0.4, -0.2) is 15.1 Å². The normalized spacial score (nSPS) is 27.2. The molecule has 1 heterocycles. The Hall–Kier alpha value is -0.830. The Labute approximate surface area is 78.0 Å². The highest BCUT2D eigenvalue weighted by atomic mass is 15.1. The molecule has 3 nitrogen and oxygen atoms in total. The molecule has 1 aromatic rings. The Balaban J connectivity index is 2.05. The third kappa shape index (κ3) is 0.804. The second kappa shape index (κ2) is 1.98. The highest BCUT2D eigenvalue weighted by Gasteiger charge is 2.66. The second-order valence-electron chi connectivity index (χ2n) is 4.60. The van der Waals surface area contributed by atoms with Crippen molar-refractivity contribution in [1.82, 2.24) is 9.55 Å². The molecule has 2 fully saturated rings. The fraction of sp³-hybridized carbons (Fsp3) is 0.700. The molecule has 0 radical (unpaired) electrons. The van der Waals surface area contributed by atoms with E-state index in [4.69, 9.17) is 5.73 Å². The van der Waals surface area contributed by atoms with E-state index in [0.29, 0.717) is 0 Å². The predicted octanol–water partition coefficient (Wildman–Crippen LogP) is 0.943. The molecular weight excluding hydrogens is 162 g/mol. The monoisotopic (exact) mass is 177 g/mol. The van der Waals surface area contributed by atoms with Crippen molar-refractivity contribution in [2.75, 3.05) is 0 Å². The maximum Gasteiger partial charge on any atom is 0.116 e. The van der Waals surface area contributed by atoms with Gasteiger partial charge in [-0.1, -0.05) is 0 Å². The smallest absolute Gasteiger partial charge is 0.116 e. The lowest BCUT2D eigenvalue weighted by Crippen LogP contribution is -2.39. The van der Waals surface area contributed by atoms with Gasteiger partial charge in [-0.3, -0.25) is 0 Å². The van der Waals surface area contributed by atoms with Gasteiger partial charge >= 0.3 is 0 Å². The van der Waals surface area contributed by atoms with Crippen molar-refractivity contribution < 1.29 is 0 Å². The molecule has 0 aliphatic heterocycles. The molecule has 13 heavy (non-hydrogen) atoms. The molecular formula is C10H15N3. The summed E-state index contributed by atoms with van der Waals surface area (Å²) >= 11 is 0. The Bertz CT molecular complexity index is 345. The first-order valence-corrected chi connectivity index (χ1v) is 4.95. The minimum absolute atomic E-state index is 0.0894. The van der Waals surface area contributed by atoms with E-state index in [9.17, 15) is 0 Å². The summed E-state index contributed by atoms with van der Waals surface area (Å²) in [7, 11) is 2.06. The molecule has 0 atom stereocenters. The lowest BCUT2D eigenvalue weighted by molar-refractivity contribution is 0.464. The highest BCUT2D eigenvalue weighted by molar-refractivity contribution is 5.33. The molecule has 0 amide bonds. The zero-order valence-electron chi connectivity index (χ0n) is 7.95. The van der Waals surface area contributed by atoms with E-state index in [0.717, 1.165) is 0 Å². The van der Waals surface area contributed by atoms with E-state index in [1.165, 1.54) is 31.5 Å². The summed E-state index contributed by atoms with van der Waals surface area (Å²) in [5, 5.41) is 0. The van der Waals surface area contributed by atoms with Gasteiger partial charge in [0.2, 0.25) is 0 Å². The van der Waals surface area contributed by atoms with Crippen molar-refractivity contribution in [2.45, 2.75) is 36.6 Å². The number of imidazole rings is 1. The number of rotatable bonds is 2. The Morgan fingerprint density at radius 3 is 2.46 bits per heavy atom. The predicted molar refractivity (Wildman–Crippen MR) is 50.3 cm³/mol. The van der Waals surface area contributed by atoms with Gasteiger partial charge in [-0.2, -0.15) is 0 Å². The molecule has 0 spiro atoms. The van der Waals surface area contributed by atoms with Crippen LogP contribution in [0.1, 0.15) is 31.5 Å². The van der Waals surface area contributed by atoms with E-state index in [-0.39, 0.29) is 11.0 Å². The second-order valence-corrected chi connectivity index (χ2v) is 4.60. The molecule has 0 aromatic carbocycles. The van der Waals surface area contributed by atoms with E-state index in [1.807, 2.05) is 12.4 Å². The first kappa shape index (κ1) is 7.56. The molecule has 3 rings (SSSR count). The molecule has 2 aliphatic carbocycles. The maximum absolute atomic E-state index is 6.29. The number of nitrogens with zero attached hydrogens (tertiary/aromatic N) is 2. The van der Waals surface area contributed by atoms with Gasteiger partial charge in [0.15, 0.2) is 0 Å². The van der Waals surface area contributed by atoms with Gasteiger partial charge in [-0.15, -0.1) is 0 Å². The third-order valence-corrected chi connectivity index (χ3v) is 3.74. The van der Waals surface area contributed by atoms with Crippen LogP contribution in [0.4, 0.5) is 0 Å². The maximum atomic E-state index is 6.29. The molecule has 0 unspecified atom stereocenters. The van der Waals surface area contributed by atoms with Crippen molar-refractivity contribution in [1.29, 1.82) is 0 Å². The van der Waals surface area contributed by atoms with Crippen molar-refractivity contribution in [3.05, 3.63) is 18.2 Å². The lowest BCUT2D eigenvalue weighted by Gasteiger charge is -2.22. The zero-order chi connectivity index (χ0) is 9.10. The SMILES string of the molecule is Cn1ccnc1C1(C2(N)CC2)CC1.